The van der Waals surface area contributed by atoms with E-state index in [2.05, 4.69) is 0 Å². The number of hydrogen-bond acceptors (Lipinski definition) is 5. The molecule has 0 spiro atoms. The molecule has 0 saturated heterocycles. The minimum absolute atomic E-state index is 0.247. The van der Waals surface area contributed by atoms with Crippen LogP contribution in [0.5, 0.6) is 11.5 Å². The third-order valence-electron chi connectivity index (χ3n) is 3.60. The van der Waals surface area contributed by atoms with Gasteiger partial charge in [0.1, 0.15) is 30.0 Å². The van der Waals surface area contributed by atoms with E-state index in [0.717, 1.165) is 11.1 Å². The Hall–Kier alpha value is -2.60. The Kier molecular flexibility index (Phi) is 6.77. The summed E-state index contributed by atoms with van der Waals surface area (Å²) in [5, 5.41) is 0. The number of hydrogen-bond donors (Lipinski definition) is 1. The third-order valence-corrected chi connectivity index (χ3v) is 3.60. The van der Waals surface area contributed by atoms with Gasteiger partial charge in [0.25, 0.3) is 0 Å². The molecule has 0 aromatic heterocycles. The summed E-state index contributed by atoms with van der Waals surface area (Å²) in [6, 6.07) is 10.6. The van der Waals surface area contributed by atoms with E-state index in [-0.39, 0.29) is 12.4 Å². The Morgan fingerprint density at radius 3 is 2.56 bits per heavy atom. The topological polar surface area (TPSA) is 70.8 Å². The molecule has 0 aliphatic carbocycles. The normalized spacial score (nSPS) is 11.7. The van der Waals surface area contributed by atoms with E-state index in [1.54, 1.807) is 32.2 Å². The second-order valence-electron chi connectivity index (χ2n) is 5.45. The second kappa shape index (κ2) is 9.03. The number of rotatable bonds is 8. The molecule has 6 heteroatoms. The first-order valence-corrected chi connectivity index (χ1v) is 7.99. The van der Waals surface area contributed by atoms with Crippen LogP contribution in [0, 0.1) is 5.82 Å². The van der Waals surface area contributed by atoms with Crippen molar-refractivity contribution in [3.63, 3.8) is 0 Å². The highest BCUT2D eigenvalue weighted by atomic mass is 19.1. The Labute approximate surface area is 146 Å². The van der Waals surface area contributed by atoms with Crippen molar-refractivity contribution in [1.82, 2.24) is 0 Å². The van der Waals surface area contributed by atoms with Crippen molar-refractivity contribution in [3.8, 4) is 11.5 Å². The minimum Gasteiger partial charge on any atom is -0.496 e. The van der Waals surface area contributed by atoms with Crippen molar-refractivity contribution in [1.29, 1.82) is 0 Å². The quantitative estimate of drug-likeness (QED) is 0.744. The number of nitrogens with two attached hydrogens (primary N) is 1. The molecular formula is C19H22FNO4. The summed E-state index contributed by atoms with van der Waals surface area (Å²) in [5.74, 6) is 0.468. The molecular weight excluding hydrogens is 325 g/mol. The van der Waals surface area contributed by atoms with Crippen LogP contribution in [0.4, 0.5) is 4.39 Å². The van der Waals surface area contributed by atoms with Crippen LogP contribution in [0.25, 0.3) is 0 Å². The van der Waals surface area contributed by atoms with Crippen LogP contribution in [-0.4, -0.2) is 25.7 Å². The molecule has 2 aromatic carbocycles. The molecule has 0 aliphatic rings. The Morgan fingerprint density at radius 2 is 1.92 bits per heavy atom. The highest BCUT2D eigenvalue weighted by Gasteiger charge is 2.16. The van der Waals surface area contributed by atoms with Gasteiger partial charge in [0.05, 0.1) is 13.7 Å². The van der Waals surface area contributed by atoms with Gasteiger partial charge in [0.15, 0.2) is 0 Å². The number of methoxy groups -OCH3 is 1. The van der Waals surface area contributed by atoms with E-state index in [4.69, 9.17) is 19.9 Å². The maximum atomic E-state index is 12.9. The Balaban J connectivity index is 2.08. The number of halogens is 1. The van der Waals surface area contributed by atoms with Gasteiger partial charge in [-0.3, -0.25) is 4.79 Å². The molecule has 2 aromatic rings. The second-order valence-corrected chi connectivity index (χ2v) is 5.45. The molecule has 0 fully saturated rings. The van der Waals surface area contributed by atoms with Gasteiger partial charge < -0.3 is 19.9 Å². The molecule has 0 bridgehead atoms. The molecule has 0 amide bonds. The molecule has 2 rings (SSSR count). The van der Waals surface area contributed by atoms with Gasteiger partial charge in [-0.05, 0) is 55.3 Å². The molecule has 1 atom stereocenters. The first-order valence-electron chi connectivity index (χ1n) is 7.99. The van der Waals surface area contributed by atoms with Crippen molar-refractivity contribution >= 4 is 5.97 Å². The van der Waals surface area contributed by atoms with Gasteiger partial charge in [-0.15, -0.1) is 0 Å². The van der Waals surface area contributed by atoms with Crippen LogP contribution >= 0.6 is 0 Å². The van der Waals surface area contributed by atoms with Crippen LogP contribution in [-0.2, 0) is 22.6 Å². The lowest BCUT2D eigenvalue weighted by atomic mass is 10.0. The zero-order valence-electron chi connectivity index (χ0n) is 14.3. The van der Waals surface area contributed by atoms with Crippen molar-refractivity contribution in [3.05, 3.63) is 59.4 Å². The molecule has 2 N–H and O–H groups in total. The maximum absolute atomic E-state index is 12.9. The van der Waals surface area contributed by atoms with Crippen molar-refractivity contribution in [2.24, 2.45) is 5.73 Å². The molecule has 25 heavy (non-hydrogen) atoms. The highest BCUT2D eigenvalue weighted by Crippen LogP contribution is 2.23. The summed E-state index contributed by atoms with van der Waals surface area (Å²) < 4.78 is 28.9. The summed E-state index contributed by atoms with van der Waals surface area (Å²) >= 11 is 0. The SMILES string of the molecule is CCOC(=O)C(N)Cc1ccc(OC)c(COc2ccc(F)cc2)c1. The third kappa shape index (κ3) is 5.46. The molecule has 0 saturated carbocycles. The number of carbonyl (C=O) groups excluding carboxylic acids is 1. The highest BCUT2D eigenvalue weighted by molar-refractivity contribution is 5.75. The predicted octanol–water partition coefficient (Wildman–Crippen LogP) is 2.85. The van der Waals surface area contributed by atoms with Crippen molar-refractivity contribution in [2.75, 3.05) is 13.7 Å². The number of esters is 1. The molecule has 0 aliphatic heterocycles. The van der Waals surface area contributed by atoms with Crippen LogP contribution in [0.3, 0.4) is 0 Å². The molecule has 0 heterocycles. The fourth-order valence-corrected chi connectivity index (χ4v) is 2.35. The average molecular weight is 347 g/mol. The standard InChI is InChI=1S/C19H22FNO4/c1-3-24-19(22)17(21)11-13-4-9-18(23-2)14(10-13)12-25-16-7-5-15(20)6-8-16/h4-10,17H,3,11-12,21H2,1-2H3. The van der Waals surface area contributed by atoms with Gasteiger partial charge >= 0.3 is 5.97 Å². The number of benzene rings is 2. The fourth-order valence-electron chi connectivity index (χ4n) is 2.35. The van der Waals surface area contributed by atoms with E-state index >= 15 is 0 Å². The van der Waals surface area contributed by atoms with Gasteiger partial charge in [-0.2, -0.15) is 0 Å². The van der Waals surface area contributed by atoms with Crippen molar-refractivity contribution < 1.29 is 23.4 Å². The first-order chi connectivity index (χ1) is 12.0. The monoisotopic (exact) mass is 347 g/mol. The fraction of sp³-hybridized carbons (Fsp3) is 0.316. The van der Waals surface area contributed by atoms with Crippen LogP contribution in [0.2, 0.25) is 0 Å². The van der Waals surface area contributed by atoms with E-state index in [9.17, 15) is 9.18 Å². The number of carbonyl (C=O) groups is 1. The van der Waals surface area contributed by atoms with E-state index in [1.807, 2.05) is 12.1 Å². The maximum Gasteiger partial charge on any atom is 0.323 e. The minimum atomic E-state index is -0.723. The largest absolute Gasteiger partial charge is 0.496 e. The van der Waals surface area contributed by atoms with E-state index < -0.39 is 12.0 Å². The van der Waals surface area contributed by atoms with Crippen LogP contribution < -0.4 is 15.2 Å². The van der Waals surface area contributed by atoms with Crippen molar-refractivity contribution in [2.45, 2.75) is 26.0 Å². The lowest BCUT2D eigenvalue weighted by molar-refractivity contribution is -0.144. The lowest BCUT2D eigenvalue weighted by Crippen LogP contribution is -2.34. The van der Waals surface area contributed by atoms with E-state index in [1.165, 1.54) is 12.1 Å². The molecule has 0 radical (unpaired) electrons. The Morgan fingerprint density at radius 1 is 1.20 bits per heavy atom. The smallest absolute Gasteiger partial charge is 0.323 e. The summed E-state index contributed by atoms with van der Waals surface area (Å²) in [6.45, 7) is 2.28. The summed E-state index contributed by atoms with van der Waals surface area (Å²) in [5.41, 5.74) is 7.54. The summed E-state index contributed by atoms with van der Waals surface area (Å²) in [4.78, 5) is 11.7. The van der Waals surface area contributed by atoms with Crippen LogP contribution in [0.1, 0.15) is 18.1 Å². The summed E-state index contributed by atoms with van der Waals surface area (Å²) in [7, 11) is 1.57. The zero-order valence-corrected chi connectivity index (χ0v) is 14.3. The predicted molar refractivity (Wildman–Crippen MR) is 92.0 cm³/mol. The molecule has 5 nitrogen and oxygen atoms in total. The Bertz CT molecular complexity index is 703. The van der Waals surface area contributed by atoms with E-state index in [0.29, 0.717) is 24.5 Å². The average Bonchev–Trinajstić information content (AvgIpc) is 2.61. The van der Waals surface area contributed by atoms with Gasteiger partial charge in [0, 0.05) is 5.56 Å². The van der Waals surface area contributed by atoms with Crippen LogP contribution in [0.15, 0.2) is 42.5 Å². The van der Waals surface area contributed by atoms with Gasteiger partial charge in [-0.1, -0.05) is 6.07 Å². The first kappa shape index (κ1) is 18.7. The molecule has 1 unspecified atom stereocenters. The van der Waals surface area contributed by atoms with Gasteiger partial charge in [-0.25, -0.2) is 4.39 Å². The van der Waals surface area contributed by atoms with Gasteiger partial charge in [0.2, 0.25) is 0 Å². The number of ether oxygens (including phenoxy) is 3. The lowest BCUT2D eigenvalue weighted by Gasteiger charge is -2.14. The molecule has 134 valence electrons. The zero-order chi connectivity index (χ0) is 18.2. The summed E-state index contributed by atoms with van der Waals surface area (Å²) in [6.07, 6.45) is 0.354.